The van der Waals surface area contributed by atoms with E-state index < -0.39 is 4.92 Å². The van der Waals surface area contributed by atoms with Gasteiger partial charge in [-0.15, -0.1) is 0 Å². The van der Waals surface area contributed by atoms with Gasteiger partial charge in [-0.2, -0.15) is 4.98 Å². The molecule has 0 saturated carbocycles. The third-order valence-electron chi connectivity index (χ3n) is 2.74. The minimum Gasteiger partial charge on any atom is -0.368 e. The number of nitrogens with two attached hydrogens (primary N) is 1. The summed E-state index contributed by atoms with van der Waals surface area (Å²) in [4.78, 5) is 22.1. The Kier molecular flexibility index (Phi) is 4.99. The molecule has 0 saturated heterocycles. The number of anilines is 2. The van der Waals surface area contributed by atoms with E-state index in [0.717, 1.165) is 12.7 Å². The molecule has 0 radical (unpaired) electrons. The summed E-state index contributed by atoms with van der Waals surface area (Å²) in [6, 6.07) is 0.0769. The number of hydrogen-bond acceptors (Lipinski definition) is 7. The van der Waals surface area contributed by atoms with Crippen molar-refractivity contribution in [3.63, 3.8) is 0 Å². The average Bonchev–Trinajstić information content (AvgIpc) is 2.28. The lowest BCUT2D eigenvalue weighted by atomic mass is 10.2. The van der Waals surface area contributed by atoms with Crippen LogP contribution >= 0.6 is 0 Å². The highest BCUT2D eigenvalue weighted by atomic mass is 16.6. The summed E-state index contributed by atoms with van der Waals surface area (Å²) in [5.41, 5.74) is 5.42. The van der Waals surface area contributed by atoms with Gasteiger partial charge in [-0.3, -0.25) is 10.1 Å². The second kappa shape index (κ2) is 6.28. The highest BCUT2D eigenvalue weighted by molar-refractivity contribution is 5.58. The van der Waals surface area contributed by atoms with Gasteiger partial charge in [0.25, 0.3) is 0 Å². The van der Waals surface area contributed by atoms with Crippen molar-refractivity contribution in [1.82, 2.24) is 14.9 Å². The van der Waals surface area contributed by atoms with E-state index in [9.17, 15) is 10.1 Å². The van der Waals surface area contributed by atoms with Crippen LogP contribution in [0.4, 0.5) is 17.5 Å². The number of aromatic nitrogens is 2. The van der Waals surface area contributed by atoms with Gasteiger partial charge in [-0.05, 0) is 27.9 Å². The minimum atomic E-state index is -0.486. The molecule has 0 aliphatic carbocycles. The maximum Gasteiger partial charge on any atom is 0.329 e. The number of hydrogen-bond donors (Lipinski definition) is 1. The first kappa shape index (κ1) is 15.1. The average molecular weight is 268 g/mol. The Hall–Kier alpha value is -1.96. The Balaban J connectivity index is 3.16. The van der Waals surface area contributed by atoms with Crippen molar-refractivity contribution >= 4 is 17.5 Å². The molecule has 19 heavy (non-hydrogen) atoms. The molecule has 0 bridgehead atoms. The third kappa shape index (κ3) is 3.75. The van der Waals surface area contributed by atoms with E-state index >= 15 is 0 Å². The van der Waals surface area contributed by atoms with Gasteiger partial charge in [0, 0.05) is 19.1 Å². The molecule has 1 atom stereocenters. The van der Waals surface area contributed by atoms with Crippen molar-refractivity contribution in [2.45, 2.75) is 19.9 Å². The summed E-state index contributed by atoms with van der Waals surface area (Å²) < 4.78 is 0. The maximum absolute atomic E-state index is 11.0. The van der Waals surface area contributed by atoms with E-state index in [4.69, 9.17) is 5.73 Å². The van der Waals surface area contributed by atoms with Gasteiger partial charge in [0.1, 0.15) is 6.20 Å². The topological polar surface area (TPSA) is 101 Å². The van der Waals surface area contributed by atoms with E-state index in [1.165, 1.54) is 0 Å². The molecule has 0 spiro atoms. The van der Waals surface area contributed by atoms with Gasteiger partial charge in [0.05, 0.1) is 4.92 Å². The monoisotopic (exact) mass is 268 g/mol. The fourth-order valence-electron chi connectivity index (χ4n) is 2.02. The highest BCUT2D eigenvalue weighted by Gasteiger charge is 2.25. The van der Waals surface area contributed by atoms with Crippen LogP contribution in [0.2, 0.25) is 0 Å². The van der Waals surface area contributed by atoms with Crippen LogP contribution in [0.1, 0.15) is 13.8 Å². The van der Waals surface area contributed by atoms with Gasteiger partial charge in [0.15, 0.2) is 0 Å². The van der Waals surface area contributed by atoms with E-state index in [0.29, 0.717) is 6.54 Å². The van der Waals surface area contributed by atoms with E-state index in [-0.39, 0.29) is 23.5 Å². The van der Waals surface area contributed by atoms with E-state index in [1.54, 1.807) is 0 Å². The summed E-state index contributed by atoms with van der Waals surface area (Å²) in [6.07, 6.45) is 1.16. The molecule has 1 aromatic rings. The fraction of sp³-hybridized carbons (Fsp3) is 0.636. The zero-order valence-corrected chi connectivity index (χ0v) is 11.7. The Bertz CT molecular complexity index is 451. The van der Waals surface area contributed by atoms with Gasteiger partial charge < -0.3 is 15.5 Å². The molecule has 1 rings (SSSR count). The van der Waals surface area contributed by atoms with Crippen LogP contribution in [-0.4, -0.2) is 53.0 Å². The van der Waals surface area contributed by atoms with Crippen molar-refractivity contribution in [1.29, 1.82) is 0 Å². The van der Waals surface area contributed by atoms with Crippen LogP contribution in [0.15, 0.2) is 6.20 Å². The first-order valence-electron chi connectivity index (χ1n) is 6.05. The normalized spacial score (nSPS) is 12.5. The number of likely N-dealkylation sites (N-methyl/N-ethyl adjacent to an activating group) is 2. The second-order valence-electron chi connectivity index (χ2n) is 4.59. The molecule has 0 amide bonds. The van der Waals surface area contributed by atoms with Gasteiger partial charge in [-0.1, -0.05) is 0 Å². The number of nitrogens with zero attached hydrogens (tertiary/aromatic N) is 5. The molecule has 1 heterocycles. The van der Waals surface area contributed by atoms with Crippen molar-refractivity contribution in [2.75, 3.05) is 37.8 Å². The SMILES string of the molecule is CCN(c1nc(N)ncc1[N+](=O)[O-])C(C)CN(C)C. The molecular weight excluding hydrogens is 248 g/mol. The quantitative estimate of drug-likeness (QED) is 0.599. The molecule has 0 fully saturated rings. The third-order valence-corrected chi connectivity index (χ3v) is 2.74. The Morgan fingerprint density at radius 3 is 2.63 bits per heavy atom. The molecule has 106 valence electrons. The first-order chi connectivity index (χ1) is 8.86. The zero-order valence-electron chi connectivity index (χ0n) is 11.7. The Morgan fingerprint density at radius 1 is 1.53 bits per heavy atom. The molecule has 8 nitrogen and oxygen atoms in total. The van der Waals surface area contributed by atoms with Crippen LogP contribution in [0, 0.1) is 10.1 Å². The lowest BCUT2D eigenvalue weighted by Crippen LogP contribution is -2.41. The zero-order chi connectivity index (χ0) is 14.6. The smallest absolute Gasteiger partial charge is 0.329 e. The van der Waals surface area contributed by atoms with E-state index in [1.807, 2.05) is 37.7 Å². The lowest BCUT2D eigenvalue weighted by molar-refractivity contribution is -0.384. The second-order valence-corrected chi connectivity index (χ2v) is 4.59. The fourth-order valence-corrected chi connectivity index (χ4v) is 2.02. The summed E-state index contributed by atoms with van der Waals surface area (Å²) in [5.74, 6) is 0.311. The highest BCUT2D eigenvalue weighted by Crippen LogP contribution is 2.26. The summed E-state index contributed by atoms with van der Waals surface area (Å²) in [7, 11) is 3.90. The van der Waals surface area contributed by atoms with Gasteiger partial charge in [-0.25, -0.2) is 4.98 Å². The van der Waals surface area contributed by atoms with Crippen LogP contribution in [-0.2, 0) is 0 Å². The molecule has 0 aliphatic heterocycles. The molecule has 0 aromatic carbocycles. The van der Waals surface area contributed by atoms with Gasteiger partial charge in [0.2, 0.25) is 11.8 Å². The molecule has 1 aromatic heterocycles. The van der Waals surface area contributed by atoms with Crippen molar-refractivity contribution in [2.24, 2.45) is 0 Å². The lowest BCUT2D eigenvalue weighted by Gasteiger charge is -2.30. The minimum absolute atomic E-state index is 0.0381. The maximum atomic E-state index is 11.0. The Labute approximate surface area is 112 Å². The summed E-state index contributed by atoms with van der Waals surface area (Å²) in [6.45, 7) is 5.28. The summed E-state index contributed by atoms with van der Waals surface area (Å²) >= 11 is 0. The molecule has 0 aliphatic rings. The van der Waals surface area contributed by atoms with Crippen molar-refractivity contribution < 1.29 is 4.92 Å². The Morgan fingerprint density at radius 2 is 2.16 bits per heavy atom. The van der Waals surface area contributed by atoms with E-state index in [2.05, 4.69) is 9.97 Å². The molecular formula is C11H20N6O2. The molecule has 2 N–H and O–H groups in total. The largest absolute Gasteiger partial charge is 0.368 e. The van der Waals surface area contributed by atoms with Gasteiger partial charge >= 0.3 is 5.69 Å². The van der Waals surface area contributed by atoms with Crippen LogP contribution in [0.25, 0.3) is 0 Å². The molecule has 8 heteroatoms. The molecule has 1 unspecified atom stereocenters. The predicted molar refractivity (Wildman–Crippen MR) is 74.1 cm³/mol. The number of rotatable bonds is 6. The number of nitro groups is 1. The number of nitrogen functional groups attached to an aromatic ring is 1. The summed E-state index contributed by atoms with van der Waals surface area (Å²) in [5, 5.41) is 11.0. The standard InChI is InChI=1S/C11H20N6O2/c1-5-16(8(2)7-15(3)4)10-9(17(18)19)6-13-11(12)14-10/h6,8H,5,7H2,1-4H3,(H2,12,13,14). The first-order valence-corrected chi connectivity index (χ1v) is 6.05. The van der Waals surface area contributed by atoms with Crippen LogP contribution < -0.4 is 10.6 Å². The van der Waals surface area contributed by atoms with Crippen molar-refractivity contribution in [3.05, 3.63) is 16.3 Å². The van der Waals surface area contributed by atoms with Crippen molar-refractivity contribution in [3.8, 4) is 0 Å². The van der Waals surface area contributed by atoms with Crippen LogP contribution in [0.5, 0.6) is 0 Å². The van der Waals surface area contributed by atoms with Crippen LogP contribution in [0.3, 0.4) is 0 Å². The predicted octanol–water partition coefficient (Wildman–Crippen LogP) is 0.743.